The maximum Gasteiger partial charge on any atom is 0.237 e. The van der Waals surface area contributed by atoms with Crippen LogP contribution in [0.25, 0.3) is 0 Å². The lowest BCUT2D eigenvalue weighted by Crippen LogP contribution is -2.22. The van der Waals surface area contributed by atoms with E-state index in [1.165, 1.54) is 0 Å². The molecule has 0 heterocycles. The van der Waals surface area contributed by atoms with E-state index in [0.29, 0.717) is 5.69 Å². The maximum atomic E-state index is 13.6. The van der Waals surface area contributed by atoms with Gasteiger partial charge in [0.1, 0.15) is 11.6 Å². The molecule has 0 fully saturated rings. The second kappa shape index (κ2) is 6.72. The fourth-order valence-corrected chi connectivity index (χ4v) is 2.69. The molecular formula is C16H15F2NOS. The van der Waals surface area contributed by atoms with Crippen molar-refractivity contribution >= 4 is 23.4 Å². The zero-order valence-electron chi connectivity index (χ0n) is 11.7. The molecule has 2 aromatic rings. The number of aryl methyl sites for hydroxylation is 1. The van der Waals surface area contributed by atoms with Crippen molar-refractivity contribution in [1.82, 2.24) is 0 Å². The van der Waals surface area contributed by atoms with Crippen molar-refractivity contribution in [3.63, 3.8) is 0 Å². The van der Waals surface area contributed by atoms with Crippen LogP contribution >= 0.6 is 11.8 Å². The van der Waals surface area contributed by atoms with Gasteiger partial charge in [0, 0.05) is 10.6 Å². The summed E-state index contributed by atoms with van der Waals surface area (Å²) in [6.07, 6.45) is 0. The van der Waals surface area contributed by atoms with Crippen LogP contribution in [-0.2, 0) is 4.79 Å². The molecule has 21 heavy (non-hydrogen) atoms. The maximum absolute atomic E-state index is 13.6. The lowest BCUT2D eigenvalue weighted by molar-refractivity contribution is -0.115. The predicted molar refractivity (Wildman–Crippen MR) is 81.5 cm³/mol. The van der Waals surface area contributed by atoms with Gasteiger partial charge in [-0.05, 0) is 49.7 Å². The second-order valence-corrected chi connectivity index (χ2v) is 6.08. The van der Waals surface area contributed by atoms with E-state index in [1.54, 1.807) is 13.0 Å². The van der Waals surface area contributed by atoms with Gasteiger partial charge >= 0.3 is 0 Å². The minimum absolute atomic E-state index is 0.127. The zero-order valence-corrected chi connectivity index (χ0v) is 12.5. The third-order valence-corrected chi connectivity index (χ3v) is 3.99. The summed E-state index contributed by atoms with van der Waals surface area (Å²) in [5.41, 5.74) is 1.72. The molecule has 0 bridgehead atoms. The molecular weight excluding hydrogens is 292 g/mol. The fourth-order valence-electron chi connectivity index (χ4n) is 1.78. The Hall–Kier alpha value is -1.88. The Balaban J connectivity index is 2.04. The number of thioether (sulfide) groups is 1. The van der Waals surface area contributed by atoms with E-state index in [-0.39, 0.29) is 10.8 Å². The summed E-state index contributed by atoms with van der Waals surface area (Å²) in [6.45, 7) is 3.58. The van der Waals surface area contributed by atoms with Crippen LogP contribution in [0.5, 0.6) is 0 Å². The van der Waals surface area contributed by atoms with Crippen molar-refractivity contribution in [2.75, 3.05) is 5.32 Å². The molecule has 5 heteroatoms. The summed E-state index contributed by atoms with van der Waals surface area (Å²) in [5.74, 6) is -1.31. The minimum atomic E-state index is -0.540. The first-order valence-corrected chi connectivity index (χ1v) is 7.33. The molecule has 1 atom stereocenters. The van der Waals surface area contributed by atoms with E-state index in [0.717, 1.165) is 35.5 Å². The number of carbonyl (C=O) groups excluding carboxylic acids is 1. The van der Waals surface area contributed by atoms with Crippen LogP contribution in [0.2, 0.25) is 0 Å². The van der Waals surface area contributed by atoms with Crippen LogP contribution in [0.15, 0.2) is 47.4 Å². The number of carbonyl (C=O) groups is 1. The van der Waals surface area contributed by atoms with E-state index in [9.17, 15) is 13.6 Å². The van der Waals surface area contributed by atoms with Crippen LogP contribution in [-0.4, -0.2) is 11.2 Å². The quantitative estimate of drug-likeness (QED) is 0.849. The largest absolute Gasteiger partial charge is 0.325 e. The number of benzene rings is 2. The van der Waals surface area contributed by atoms with Crippen molar-refractivity contribution < 1.29 is 13.6 Å². The fraction of sp³-hybridized carbons (Fsp3) is 0.188. The van der Waals surface area contributed by atoms with Gasteiger partial charge in [-0.1, -0.05) is 12.1 Å². The number of anilines is 1. The van der Waals surface area contributed by atoms with Gasteiger partial charge in [0.15, 0.2) is 0 Å². The van der Waals surface area contributed by atoms with Gasteiger partial charge in [0.05, 0.1) is 5.25 Å². The molecule has 0 saturated carbocycles. The van der Waals surface area contributed by atoms with E-state index in [1.807, 2.05) is 25.1 Å². The summed E-state index contributed by atoms with van der Waals surface area (Å²) in [6, 6.07) is 10.6. The zero-order chi connectivity index (χ0) is 15.4. The van der Waals surface area contributed by atoms with Crippen molar-refractivity contribution in [2.24, 2.45) is 0 Å². The van der Waals surface area contributed by atoms with Crippen molar-refractivity contribution in [3.05, 3.63) is 59.7 Å². The highest BCUT2D eigenvalue weighted by molar-refractivity contribution is 8.00. The summed E-state index contributed by atoms with van der Waals surface area (Å²) >= 11 is 0.989. The van der Waals surface area contributed by atoms with E-state index in [4.69, 9.17) is 0 Å². The molecule has 0 aliphatic rings. The number of hydrogen-bond donors (Lipinski definition) is 1. The molecule has 1 N–H and O–H groups in total. The van der Waals surface area contributed by atoms with Gasteiger partial charge in [-0.2, -0.15) is 0 Å². The summed E-state index contributed by atoms with van der Waals surface area (Å²) < 4.78 is 26.7. The number of hydrogen-bond acceptors (Lipinski definition) is 2. The molecule has 1 amide bonds. The van der Waals surface area contributed by atoms with Gasteiger partial charge < -0.3 is 5.32 Å². The topological polar surface area (TPSA) is 29.1 Å². The molecule has 0 aromatic heterocycles. The first kappa shape index (κ1) is 15.5. The predicted octanol–water partition coefficient (Wildman–Crippen LogP) is 4.39. The lowest BCUT2D eigenvalue weighted by Gasteiger charge is -2.13. The number of amides is 1. The van der Waals surface area contributed by atoms with Crippen LogP contribution < -0.4 is 5.32 Å². The number of nitrogens with one attached hydrogen (secondary N) is 1. The molecule has 0 unspecified atom stereocenters. The molecule has 2 nitrogen and oxygen atoms in total. The standard InChI is InChI=1S/C16H15F2NOS/c1-10-4-3-5-13(8-10)19-16(20)11(2)21-15-9-12(17)6-7-14(15)18/h3-9,11H,1-2H3,(H,19,20)/t11-/m0/s1. The molecule has 2 aromatic carbocycles. The van der Waals surface area contributed by atoms with Gasteiger partial charge in [0.25, 0.3) is 0 Å². The van der Waals surface area contributed by atoms with Gasteiger partial charge in [-0.25, -0.2) is 8.78 Å². The van der Waals surface area contributed by atoms with E-state index < -0.39 is 16.9 Å². The molecule has 0 spiro atoms. The Morgan fingerprint density at radius 3 is 2.67 bits per heavy atom. The third-order valence-electron chi connectivity index (χ3n) is 2.85. The summed E-state index contributed by atoms with van der Waals surface area (Å²) in [5, 5.41) is 2.22. The Morgan fingerprint density at radius 1 is 1.19 bits per heavy atom. The molecule has 0 aliphatic carbocycles. The van der Waals surface area contributed by atoms with Crippen molar-refractivity contribution in [2.45, 2.75) is 24.0 Å². The van der Waals surface area contributed by atoms with Crippen LogP contribution in [0, 0.1) is 18.6 Å². The highest BCUT2D eigenvalue weighted by Crippen LogP contribution is 2.27. The van der Waals surface area contributed by atoms with Crippen molar-refractivity contribution in [1.29, 1.82) is 0 Å². The number of rotatable bonds is 4. The van der Waals surface area contributed by atoms with E-state index >= 15 is 0 Å². The highest BCUT2D eigenvalue weighted by atomic mass is 32.2. The average Bonchev–Trinajstić information content (AvgIpc) is 2.43. The smallest absolute Gasteiger partial charge is 0.237 e. The Morgan fingerprint density at radius 2 is 1.95 bits per heavy atom. The normalized spacial score (nSPS) is 12.0. The molecule has 0 saturated heterocycles. The number of halogens is 2. The summed E-state index contributed by atoms with van der Waals surface area (Å²) in [7, 11) is 0. The average molecular weight is 307 g/mol. The Kier molecular flexibility index (Phi) is 4.96. The SMILES string of the molecule is Cc1cccc(NC(=O)[C@H](C)Sc2cc(F)ccc2F)c1. The second-order valence-electron chi connectivity index (χ2n) is 4.69. The van der Waals surface area contributed by atoms with E-state index in [2.05, 4.69) is 5.32 Å². The monoisotopic (exact) mass is 307 g/mol. The van der Waals surface area contributed by atoms with Gasteiger partial charge in [-0.3, -0.25) is 4.79 Å². The first-order valence-electron chi connectivity index (χ1n) is 6.45. The van der Waals surface area contributed by atoms with Crippen LogP contribution in [0.1, 0.15) is 12.5 Å². The molecule has 0 radical (unpaired) electrons. The third kappa shape index (κ3) is 4.29. The lowest BCUT2D eigenvalue weighted by atomic mass is 10.2. The van der Waals surface area contributed by atoms with Gasteiger partial charge in [-0.15, -0.1) is 11.8 Å². The molecule has 0 aliphatic heterocycles. The highest BCUT2D eigenvalue weighted by Gasteiger charge is 2.17. The van der Waals surface area contributed by atoms with Crippen LogP contribution in [0.4, 0.5) is 14.5 Å². The Labute approximate surface area is 126 Å². The van der Waals surface area contributed by atoms with Crippen LogP contribution in [0.3, 0.4) is 0 Å². The molecule has 110 valence electrons. The first-order chi connectivity index (χ1) is 9.95. The summed E-state index contributed by atoms with van der Waals surface area (Å²) in [4.78, 5) is 12.2. The van der Waals surface area contributed by atoms with Gasteiger partial charge in [0.2, 0.25) is 5.91 Å². The van der Waals surface area contributed by atoms with Crippen molar-refractivity contribution in [3.8, 4) is 0 Å². The molecule has 2 rings (SSSR count). The minimum Gasteiger partial charge on any atom is -0.325 e. The Bertz CT molecular complexity index is 660.